The minimum absolute atomic E-state index is 0.350. The smallest absolute Gasteiger partial charge is 0.0623 e. The van der Waals surface area contributed by atoms with Crippen LogP contribution in [0.5, 0.6) is 0 Å². The second-order valence-corrected chi connectivity index (χ2v) is 5.88. The average molecular weight is 231 g/mol. The third-order valence-corrected chi connectivity index (χ3v) is 4.05. The van der Waals surface area contributed by atoms with E-state index < -0.39 is 0 Å². The maximum absolute atomic E-state index is 5.67. The van der Waals surface area contributed by atoms with Crippen LogP contribution < -0.4 is 5.32 Å². The molecule has 1 saturated heterocycles. The quantitative estimate of drug-likeness (QED) is 0.759. The maximum atomic E-state index is 5.67. The Morgan fingerprint density at radius 3 is 2.53 bits per heavy atom. The molecule has 1 fully saturated rings. The van der Waals surface area contributed by atoms with Gasteiger partial charge >= 0.3 is 0 Å². The molecule has 0 bridgehead atoms. The van der Waals surface area contributed by atoms with E-state index in [0.29, 0.717) is 12.1 Å². The molecule has 0 spiro atoms. The van der Waals surface area contributed by atoms with Gasteiger partial charge in [-0.25, -0.2) is 0 Å². The molecular weight excluding hydrogens is 206 g/mol. The SMILES string of the molecule is CNC(COC(C)C)CC1CCSCC1. The summed E-state index contributed by atoms with van der Waals surface area (Å²) in [5, 5.41) is 3.37. The van der Waals surface area contributed by atoms with Gasteiger partial charge in [-0.1, -0.05) is 0 Å². The standard InChI is InChI=1S/C12H25NOS/c1-10(2)14-9-12(13-3)8-11-4-6-15-7-5-11/h10-13H,4-9H2,1-3H3. The molecular formula is C12H25NOS. The lowest BCUT2D eigenvalue weighted by Crippen LogP contribution is -2.34. The molecule has 3 heteroatoms. The lowest BCUT2D eigenvalue weighted by molar-refractivity contribution is 0.0573. The fraction of sp³-hybridized carbons (Fsp3) is 1.00. The number of hydrogen-bond acceptors (Lipinski definition) is 3. The van der Waals surface area contributed by atoms with E-state index in [2.05, 4.69) is 30.9 Å². The van der Waals surface area contributed by atoms with Gasteiger partial charge in [0.05, 0.1) is 12.7 Å². The van der Waals surface area contributed by atoms with Gasteiger partial charge < -0.3 is 10.1 Å². The van der Waals surface area contributed by atoms with E-state index in [1.54, 1.807) is 0 Å². The fourth-order valence-electron chi connectivity index (χ4n) is 1.96. The molecule has 0 amide bonds. The molecule has 0 aromatic carbocycles. The van der Waals surface area contributed by atoms with Crippen LogP contribution in [0.4, 0.5) is 0 Å². The number of thioether (sulfide) groups is 1. The van der Waals surface area contributed by atoms with Crippen molar-refractivity contribution in [1.82, 2.24) is 5.32 Å². The van der Waals surface area contributed by atoms with Crippen molar-refractivity contribution in [3.8, 4) is 0 Å². The number of ether oxygens (including phenoxy) is 1. The summed E-state index contributed by atoms with van der Waals surface area (Å²) in [6, 6.07) is 0.542. The molecule has 1 aliphatic rings. The van der Waals surface area contributed by atoms with Crippen LogP contribution in [-0.4, -0.2) is 37.3 Å². The molecule has 90 valence electrons. The molecule has 1 aliphatic heterocycles. The highest BCUT2D eigenvalue weighted by atomic mass is 32.2. The van der Waals surface area contributed by atoms with Crippen LogP contribution >= 0.6 is 11.8 Å². The third-order valence-electron chi connectivity index (χ3n) is 3.00. The molecule has 0 aliphatic carbocycles. The number of likely N-dealkylation sites (N-methyl/N-ethyl adjacent to an activating group) is 1. The highest BCUT2D eigenvalue weighted by Gasteiger charge is 2.18. The van der Waals surface area contributed by atoms with Gasteiger partial charge in [0, 0.05) is 6.04 Å². The van der Waals surface area contributed by atoms with Crippen LogP contribution in [0.2, 0.25) is 0 Å². The van der Waals surface area contributed by atoms with Crippen molar-refractivity contribution in [2.45, 2.75) is 45.3 Å². The van der Waals surface area contributed by atoms with E-state index in [-0.39, 0.29) is 0 Å². The van der Waals surface area contributed by atoms with Crippen LogP contribution in [0.15, 0.2) is 0 Å². The Morgan fingerprint density at radius 1 is 1.33 bits per heavy atom. The van der Waals surface area contributed by atoms with Crippen molar-refractivity contribution < 1.29 is 4.74 Å². The zero-order chi connectivity index (χ0) is 11.1. The summed E-state index contributed by atoms with van der Waals surface area (Å²) in [6.07, 6.45) is 4.42. The molecule has 15 heavy (non-hydrogen) atoms. The first kappa shape index (κ1) is 13.3. The van der Waals surface area contributed by atoms with Gasteiger partial charge in [0.1, 0.15) is 0 Å². The average Bonchev–Trinajstić information content (AvgIpc) is 2.25. The van der Waals surface area contributed by atoms with Crippen LogP contribution in [0.1, 0.15) is 33.1 Å². The Hall–Kier alpha value is 0.270. The Labute approximate surface area is 98.5 Å². The lowest BCUT2D eigenvalue weighted by Gasteiger charge is -2.26. The largest absolute Gasteiger partial charge is 0.377 e. The van der Waals surface area contributed by atoms with E-state index in [9.17, 15) is 0 Å². The summed E-state index contributed by atoms with van der Waals surface area (Å²) in [5.74, 6) is 3.62. The molecule has 0 aromatic heterocycles. The molecule has 0 saturated carbocycles. The van der Waals surface area contributed by atoms with E-state index in [1.807, 2.05) is 7.05 Å². The summed E-state index contributed by atoms with van der Waals surface area (Å²) < 4.78 is 5.67. The van der Waals surface area contributed by atoms with Crippen LogP contribution in [0, 0.1) is 5.92 Å². The summed E-state index contributed by atoms with van der Waals surface area (Å²) >= 11 is 2.10. The van der Waals surface area contributed by atoms with Gasteiger partial charge in [0.25, 0.3) is 0 Å². The normalized spacial score (nSPS) is 20.8. The van der Waals surface area contributed by atoms with Crippen molar-refractivity contribution in [2.24, 2.45) is 5.92 Å². The summed E-state index contributed by atoms with van der Waals surface area (Å²) in [6.45, 7) is 5.06. The molecule has 0 radical (unpaired) electrons. The third kappa shape index (κ3) is 5.79. The Morgan fingerprint density at radius 2 is 2.00 bits per heavy atom. The predicted molar refractivity (Wildman–Crippen MR) is 68.6 cm³/mol. The molecule has 1 atom stereocenters. The monoisotopic (exact) mass is 231 g/mol. The van der Waals surface area contributed by atoms with Gasteiger partial charge in [0.15, 0.2) is 0 Å². The van der Waals surface area contributed by atoms with E-state index in [4.69, 9.17) is 4.74 Å². The number of nitrogens with one attached hydrogen (secondary N) is 1. The Kier molecular flexibility index (Phi) is 6.69. The van der Waals surface area contributed by atoms with Crippen molar-refractivity contribution in [1.29, 1.82) is 0 Å². The highest BCUT2D eigenvalue weighted by molar-refractivity contribution is 7.99. The molecule has 1 rings (SSSR count). The number of hydrogen-bond donors (Lipinski definition) is 1. The maximum Gasteiger partial charge on any atom is 0.0623 e. The zero-order valence-electron chi connectivity index (χ0n) is 10.3. The molecule has 2 nitrogen and oxygen atoms in total. The second-order valence-electron chi connectivity index (χ2n) is 4.66. The second kappa shape index (κ2) is 7.53. The molecule has 1 unspecified atom stereocenters. The highest BCUT2D eigenvalue weighted by Crippen LogP contribution is 2.26. The molecule has 1 N–H and O–H groups in total. The van der Waals surface area contributed by atoms with E-state index in [0.717, 1.165) is 12.5 Å². The minimum Gasteiger partial charge on any atom is -0.377 e. The van der Waals surface area contributed by atoms with Gasteiger partial charge in [-0.2, -0.15) is 11.8 Å². The van der Waals surface area contributed by atoms with E-state index >= 15 is 0 Å². The predicted octanol–water partition coefficient (Wildman–Crippen LogP) is 2.53. The van der Waals surface area contributed by atoms with Crippen molar-refractivity contribution in [3.05, 3.63) is 0 Å². The van der Waals surface area contributed by atoms with E-state index in [1.165, 1.54) is 30.8 Å². The Bertz CT molecular complexity index is 158. The first-order valence-electron chi connectivity index (χ1n) is 6.09. The number of rotatable bonds is 6. The van der Waals surface area contributed by atoms with Gasteiger partial charge in [-0.3, -0.25) is 0 Å². The van der Waals surface area contributed by atoms with Crippen molar-refractivity contribution in [3.63, 3.8) is 0 Å². The lowest BCUT2D eigenvalue weighted by atomic mass is 9.94. The summed E-state index contributed by atoms with van der Waals surface area (Å²) in [7, 11) is 2.05. The van der Waals surface area contributed by atoms with Crippen LogP contribution in [0.3, 0.4) is 0 Å². The first-order valence-corrected chi connectivity index (χ1v) is 7.24. The van der Waals surface area contributed by atoms with Crippen molar-refractivity contribution in [2.75, 3.05) is 25.2 Å². The van der Waals surface area contributed by atoms with Gasteiger partial charge in [-0.05, 0) is 57.6 Å². The van der Waals surface area contributed by atoms with Crippen LogP contribution in [0.25, 0.3) is 0 Å². The summed E-state index contributed by atoms with van der Waals surface area (Å²) in [4.78, 5) is 0. The minimum atomic E-state index is 0.350. The molecule has 0 aromatic rings. The molecule has 1 heterocycles. The zero-order valence-corrected chi connectivity index (χ0v) is 11.1. The topological polar surface area (TPSA) is 21.3 Å². The summed E-state index contributed by atoms with van der Waals surface area (Å²) in [5.41, 5.74) is 0. The van der Waals surface area contributed by atoms with Crippen molar-refractivity contribution >= 4 is 11.8 Å². The van der Waals surface area contributed by atoms with Gasteiger partial charge in [0.2, 0.25) is 0 Å². The van der Waals surface area contributed by atoms with Gasteiger partial charge in [-0.15, -0.1) is 0 Å². The first-order chi connectivity index (χ1) is 7.22. The Balaban J connectivity index is 2.19. The fourth-order valence-corrected chi connectivity index (χ4v) is 3.17. The van der Waals surface area contributed by atoms with Crippen LogP contribution in [-0.2, 0) is 4.74 Å².